The molecule has 1 saturated heterocycles. The number of carbonyl (C=O) groups is 1. The standard InChI is InChI=1S/C20H23ClFN3O2/c1-14(20(26)23-17-8-7-15(21)13-16(17)22)24-9-11-25(12-10-24)18-5-3-4-6-19(18)27-2/h3-8,13-14H,9-12H2,1-2H3,(H,23,26)/t14-/m0/s1. The van der Waals surface area contributed by atoms with E-state index in [4.69, 9.17) is 16.3 Å². The Hall–Kier alpha value is -2.31. The molecule has 1 aliphatic heterocycles. The Morgan fingerprint density at radius 1 is 1.19 bits per heavy atom. The Labute approximate surface area is 163 Å². The molecule has 0 aliphatic carbocycles. The summed E-state index contributed by atoms with van der Waals surface area (Å²) in [4.78, 5) is 16.9. The molecule has 0 spiro atoms. The average molecular weight is 392 g/mol. The van der Waals surface area contributed by atoms with Crippen LogP contribution in [0, 0.1) is 5.82 Å². The molecule has 2 aromatic carbocycles. The van der Waals surface area contributed by atoms with Crippen molar-refractivity contribution in [3.8, 4) is 5.75 Å². The number of halogens is 2. The van der Waals surface area contributed by atoms with Gasteiger partial charge in [-0.25, -0.2) is 4.39 Å². The summed E-state index contributed by atoms with van der Waals surface area (Å²) in [6.45, 7) is 4.87. The third-order valence-electron chi connectivity index (χ3n) is 4.86. The van der Waals surface area contributed by atoms with Crippen LogP contribution in [0.1, 0.15) is 6.92 Å². The quantitative estimate of drug-likeness (QED) is 0.845. The summed E-state index contributed by atoms with van der Waals surface area (Å²) in [6.07, 6.45) is 0. The lowest BCUT2D eigenvalue weighted by atomic mass is 10.2. The maximum Gasteiger partial charge on any atom is 0.241 e. The maximum atomic E-state index is 13.9. The van der Waals surface area contributed by atoms with Crippen LogP contribution in [0.25, 0.3) is 0 Å². The molecule has 27 heavy (non-hydrogen) atoms. The monoisotopic (exact) mass is 391 g/mol. The van der Waals surface area contributed by atoms with Crippen molar-refractivity contribution in [2.75, 3.05) is 43.5 Å². The number of methoxy groups -OCH3 is 1. The van der Waals surface area contributed by atoms with E-state index in [2.05, 4.69) is 15.1 Å². The Morgan fingerprint density at radius 3 is 2.56 bits per heavy atom. The lowest BCUT2D eigenvalue weighted by molar-refractivity contribution is -0.120. The third kappa shape index (κ3) is 4.51. The molecule has 1 atom stereocenters. The lowest BCUT2D eigenvalue weighted by Crippen LogP contribution is -2.52. The van der Waals surface area contributed by atoms with Gasteiger partial charge in [0.25, 0.3) is 0 Å². The van der Waals surface area contributed by atoms with Crippen molar-refractivity contribution in [2.24, 2.45) is 0 Å². The predicted molar refractivity (Wildman–Crippen MR) is 106 cm³/mol. The number of piperazine rings is 1. The van der Waals surface area contributed by atoms with Crippen molar-refractivity contribution in [2.45, 2.75) is 13.0 Å². The molecular formula is C20H23ClFN3O2. The van der Waals surface area contributed by atoms with Crippen LogP contribution < -0.4 is 15.0 Å². The molecule has 0 aromatic heterocycles. The topological polar surface area (TPSA) is 44.8 Å². The van der Waals surface area contributed by atoms with Gasteiger partial charge < -0.3 is 15.0 Å². The summed E-state index contributed by atoms with van der Waals surface area (Å²) < 4.78 is 19.3. The molecular weight excluding hydrogens is 369 g/mol. The second-order valence-electron chi connectivity index (χ2n) is 6.48. The molecule has 2 aromatic rings. The predicted octanol–water partition coefficient (Wildman–Crippen LogP) is 3.64. The number of para-hydroxylation sites is 2. The van der Waals surface area contributed by atoms with E-state index in [1.807, 2.05) is 31.2 Å². The molecule has 7 heteroatoms. The molecule has 1 aliphatic rings. The number of anilines is 2. The smallest absolute Gasteiger partial charge is 0.241 e. The first-order chi connectivity index (χ1) is 13.0. The normalized spacial score (nSPS) is 16.1. The number of hydrogen-bond donors (Lipinski definition) is 1. The first kappa shape index (κ1) is 19.5. The van der Waals surface area contributed by atoms with Gasteiger partial charge in [0, 0.05) is 31.2 Å². The van der Waals surface area contributed by atoms with E-state index < -0.39 is 5.82 Å². The van der Waals surface area contributed by atoms with Crippen LogP contribution >= 0.6 is 11.6 Å². The zero-order valence-corrected chi connectivity index (χ0v) is 16.2. The van der Waals surface area contributed by atoms with Crippen LogP contribution in [-0.2, 0) is 4.79 Å². The SMILES string of the molecule is COc1ccccc1N1CCN([C@@H](C)C(=O)Nc2ccc(Cl)cc2F)CC1. The fourth-order valence-corrected chi connectivity index (χ4v) is 3.39. The van der Waals surface area contributed by atoms with Crippen molar-refractivity contribution < 1.29 is 13.9 Å². The van der Waals surface area contributed by atoms with Gasteiger partial charge in [0.15, 0.2) is 0 Å². The molecule has 1 amide bonds. The summed E-state index contributed by atoms with van der Waals surface area (Å²) >= 11 is 5.75. The Bertz CT molecular complexity index is 810. The summed E-state index contributed by atoms with van der Waals surface area (Å²) in [5, 5.41) is 2.95. The van der Waals surface area contributed by atoms with Crippen molar-refractivity contribution >= 4 is 28.9 Å². The van der Waals surface area contributed by atoms with E-state index in [-0.39, 0.29) is 17.6 Å². The van der Waals surface area contributed by atoms with Gasteiger partial charge in [0.05, 0.1) is 24.5 Å². The van der Waals surface area contributed by atoms with E-state index in [9.17, 15) is 9.18 Å². The molecule has 5 nitrogen and oxygen atoms in total. The highest BCUT2D eigenvalue weighted by atomic mass is 35.5. The highest BCUT2D eigenvalue weighted by Gasteiger charge is 2.27. The van der Waals surface area contributed by atoms with E-state index >= 15 is 0 Å². The number of ether oxygens (including phenoxy) is 1. The van der Waals surface area contributed by atoms with Crippen LogP contribution in [0.4, 0.5) is 15.8 Å². The molecule has 0 radical (unpaired) electrons. The molecule has 1 fully saturated rings. The van der Waals surface area contributed by atoms with Crippen LogP contribution in [-0.4, -0.2) is 50.1 Å². The van der Waals surface area contributed by atoms with Crippen molar-refractivity contribution in [1.29, 1.82) is 0 Å². The van der Waals surface area contributed by atoms with Crippen molar-refractivity contribution in [1.82, 2.24) is 4.90 Å². The number of nitrogens with one attached hydrogen (secondary N) is 1. The Balaban J connectivity index is 1.59. The number of carbonyl (C=O) groups excluding carboxylic acids is 1. The summed E-state index contributed by atoms with van der Waals surface area (Å²) in [5.41, 5.74) is 1.20. The number of benzene rings is 2. The summed E-state index contributed by atoms with van der Waals surface area (Å²) in [6, 6.07) is 11.8. The maximum absolute atomic E-state index is 13.9. The zero-order chi connectivity index (χ0) is 19.4. The van der Waals surface area contributed by atoms with Crippen molar-refractivity contribution in [3.63, 3.8) is 0 Å². The van der Waals surface area contributed by atoms with Crippen molar-refractivity contribution in [3.05, 3.63) is 53.3 Å². The number of hydrogen-bond acceptors (Lipinski definition) is 4. The van der Waals surface area contributed by atoms with Gasteiger partial charge in [0.2, 0.25) is 5.91 Å². The fourth-order valence-electron chi connectivity index (χ4n) is 3.23. The number of rotatable bonds is 5. The second-order valence-corrected chi connectivity index (χ2v) is 6.92. The van der Waals surface area contributed by atoms with Crippen LogP contribution in [0.2, 0.25) is 5.02 Å². The van der Waals surface area contributed by atoms with Gasteiger partial charge in [-0.2, -0.15) is 0 Å². The van der Waals surface area contributed by atoms with Crippen LogP contribution in [0.5, 0.6) is 5.75 Å². The largest absolute Gasteiger partial charge is 0.495 e. The minimum absolute atomic E-state index is 0.143. The van der Waals surface area contributed by atoms with Gasteiger partial charge in [-0.15, -0.1) is 0 Å². The molecule has 0 bridgehead atoms. The van der Waals surface area contributed by atoms with E-state index in [1.54, 1.807) is 13.2 Å². The highest BCUT2D eigenvalue weighted by Crippen LogP contribution is 2.28. The van der Waals surface area contributed by atoms with Gasteiger partial charge in [-0.05, 0) is 37.3 Å². The Morgan fingerprint density at radius 2 is 1.89 bits per heavy atom. The van der Waals surface area contributed by atoms with Gasteiger partial charge in [0.1, 0.15) is 11.6 Å². The third-order valence-corrected chi connectivity index (χ3v) is 5.09. The van der Waals surface area contributed by atoms with Gasteiger partial charge in [-0.3, -0.25) is 9.69 Å². The Kier molecular flexibility index (Phi) is 6.19. The molecule has 1 heterocycles. The molecule has 144 valence electrons. The first-order valence-electron chi connectivity index (χ1n) is 8.87. The minimum Gasteiger partial charge on any atom is -0.495 e. The molecule has 3 rings (SSSR count). The highest BCUT2D eigenvalue weighted by molar-refractivity contribution is 6.30. The minimum atomic E-state index is -0.538. The van der Waals surface area contributed by atoms with Gasteiger partial charge in [-0.1, -0.05) is 23.7 Å². The molecule has 0 unspecified atom stereocenters. The van der Waals surface area contributed by atoms with Crippen LogP contribution in [0.3, 0.4) is 0 Å². The van der Waals surface area contributed by atoms with E-state index in [0.29, 0.717) is 5.02 Å². The summed E-state index contributed by atoms with van der Waals surface area (Å²) in [5.74, 6) is 0.0703. The molecule has 1 N–H and O–H groups in total. The second kappa shape index (κ2) is 8.59. The molecule has 0 saturated carbocycles. The summed E-state index contributed by atoms with van der Waals surface area (Å²) in [7, 11) is 1.66. The average Bonchev–Trinajstić information content (AvgIpc) is 2.69. The lowest BCUT2D eigenvalue weighted by Gasteiger charge is -2.38. The van der Waals surface area contributed by atoms with E-state index in [1.165, 1.54) is 12.1 Å². The first-order valence-corrected chi connectivity index (χ1v) is 9.25. The van der Waals surface area contributed by atoms with Gasteiger partial charge >= 0.3 is 0 Å². The number of nitrogens with zero attached hydrogens (tertiary/aromatic N) is 2. The number of amides is 1. The van der Waals surface area contributed by atoms with Crippen LogP contribution in [0.15, 0.2) is 42.5 Å². The zero-order valence-electron chi connectivity index (χ0n) is 15.4. The van der Waals surface area contributed by atoms with E-state index in [0.717, 1.165) is 37.6 Å². The fraction of sp³-hybridized carbons (Fsp3) is 0.350.